The zero-order chi connectivity index (χ0) is 31.4. The molecule has 42 heavy (non-hydrogen) atoms. The molecule has 11 heteroatoms. The van der Waals surface area contributed by atoms with Crippen molar-refractivity contribution in [3.63, 3.8) is 0 Å². The molecule has 0 aromatic rings. The molecule has 230 valence electrons. The van der Waals surface area contributed by atoms with Crippen LogP contribution in [0.15, 0.2) is 24.3 Å². The molecule has 5 rings (SSSR count). The molecule has 3 saturated heterocycles. The summed E-state index contributed by atoms with van der Waals surface area (Å²) in [7, 11) is 0. The Balaban J connectivity index is 1.97. The Labute approximate surface area is 245 Å². The molecule has 3 aliphatic heterocycles. The second-order valence-electron chi connectivity index (χ2n) is 13.1. The highest BCUT2D eigenvalue weighted by molar-refractivity contribution is 5.96. The summed E-state index contributed by atoms with van der Waals surface area (Å²) >= 11 is 0. The van der Waals surface area contributed by atoms with Gasteiger partial charge in [0, 0.05) is 32.3 Å². The van der Waals surface area contributed by atoms with Gasteiger partial charge in [-0.15, -0.1) is 0 Å². The van der Waals surface area contributed by atoms with E-state index >= 15 is 0 Å². The zero-order valence-corrected chi connectivity index (χ0v) is 25.5. The molecule has 0 amide bonds. The van der Waals surface area contributed by atoms with Gasteiger partial charge in [0.25, 0.3) is 0 Å². The van der Waals surface area contributed by atoms with Gasteiger partial charge in [-0.25, -0.2) is 0 Å². The van der Waals surface area contributed by atoms with Crippen LogP contribution in [0.1, 0.15) is 74.7 Å². The third kappa shape index (κ3) is 3.13. The van der Waals surface area contributed by atoms with Crippen molar-refractivity contribution in [3.05, 3.63) is 24.3 Å². The van der Waals surface area contributed by atoms with Gasteiger partial charge in [-0.1, -0.05) is 20.1 Å². The molecule has 2 saturated carbocycles. The van der Waals surface area contributed by atoms with Gasteiger partial charge in [0.1, 0.15) is 34.7 Å². The van der Waals surface area contributed by atoms with Crippen LogP contribution in [0.3, 0.4) is 0 Å². The lowest BCUT2D eigenvalue weighted by molar-refractivity contribution is -0.331. The number of hydrogen-bond donors (Lipinski definition) is 0. The third-order valence-corrected chi connectivity index (χ3v) is 11.1. The van der Waals surface area contributed by atoms with Crippen molar-refractivity contribution < 1.29 is 52.4 Å². The average Bonchev–Trinajstić information content (AvgIpc) is 3.14. The van der Waals surface area contributed by atoms with E-state index in [1.807, 2.05) is 0 Å². The maximum absolute atomic E-state index is 14.4. The van der Waals surface area contributed by atoms with Crippen LogP contribution in [0.4, 0.5) is 0 Å². The Kier molecular flexibility index (Phi) is 6.41. The van der Waals surface area contributed by atoms with Gasteiger partial charge in [-0.05, 0) is 58.6 Å². The molecule has 11 nitrogen and oxygen atoms in total. The molecule has 2 bridgehead atoms. The van der Waals surface area contributed by atoms with E-state index in [0.29, 0.717) is 5.57 Å². The fraction of sp³-hybridized carbons (Fsp3) is 0.710. The number of rotatable bonds is 4. The molecule has 2 spiro atoms. The number of carbonyl (C=O) groups excluding carboxylic acids is 5. The minimum absolute atomic E-state index is 0.0390. The highest BCUT2D eigenvalue weighted by Gasteiger charge is 2.91. The van der Waals surface area contributed by atoms with Crippen LogP contribution in [-0.4, -0.2) is 71.6 Å². The molecule has 5 fully saturated rings. The van der Waals surface area contributed by atoms with Crippen molar-refractivity contribution in [2.24, 2.45) is 22.2 Å². The largest absolute Gasteiger partial charge is 0.462 e. The van der Waals surface area contributed by atoms with Crippen LogP contribution in [0, 0.1) is 22.2 Å². The monoisotopic (exact) mass is 588 g/mol. The smallest absolute Gasteiger partial charge is 0.318 e. The van der Waals surface area contributed by atoms with Gasteiger partial charge in [0.05, 0.1) is 5.41 Å². The molecule has 5 aliphatic rings. The summed E-state index contributed by atoms with van der Waals surface area (Å²) < 4.78 is 36.8. The van der Waals surface area contributed by atoms with Crippen LogP contribution in [0.25, 0.3) is 0 Å². The molecule has 2 aliphatic carbocycles. The first kappa shape index (κ1) is 30.3. The standard InChI is InChI=1S/C31H40O11/c1-11-37-31-17(4)29(13-12-21(34)41-26(29,7)8)14-20(39-18(5)32)28(31,10)30-16(3)27(9,24(31)40-19(6)33)42-23(35)22(30)15(2)38-25(30)36/h15,20,22,24H,3-4,11-14H2,1-2,5-10H3/t15-,20-,22?,24-,27+,28-,29+,30+,31?/m0/s1. The Morgan fingerprint density at radius 2 is 1.60 bits per heavy atom. The summed E-state index contributed by atoms with van der Waals surface area (Å²) in [5, 5.41) is 0. The number of hydrogen-bond acceptors (Lipinski definition) is 11. The van der Waals surface area contributed by atoms with Crippen molar-refractivity contribution in [1.29, 1.82) is 0 Å². The lowest BCUT2D eigenvalue weighted by Gasteiger charge is -2.74. The molecule has 0 aromatic carbocycles. The molecular formula is C31H40O11. The van der Waals surface area contributed by atoms with Crippen LogP contribution in [0.5, 0.6) is 0 Å². The van der Waals surface area contributed by atoms with E-state index in [4.69, 9.17) is 28.4 Å². The molecule has 3 heterocycles. The zero-order valence-electron chi connectivity index (χ0n) is 25.5. The molecule has 2 unspecified atom stereocenters. The third-order valence-electron chi connectivity index (χ3n) is 11.1. The maximum Gasteiger partial charge on any atom is 0.318 e. The van der Waals surface area contributed by atoms with Gasteiger partial charge < -0.3 is 28.4 Å². The van der Waals surface area contributed by atoms with Gasteiger partial charge >= 0.3 is 29.8 Å². The minimum Gasteiger partial charge on any atom is -0.462 e. The van der Waals surface area contributed by atoms with Crippen LogP contribution < -0.4 is 0 Å². The van der Waals surface area contributed by atoms with E-state index < -0.39 is 87.1 Å². The lowest BCUT2D eigenvalue weighted by atomic mass is 9.33. The molecule has 0 radical (unpaired) electrons. The fourth-order valence-electron chi connectivity index (χ4n) is 9.36. The molecular weight excluding hydrogens is 548 g/mol. The lowest BCUT2D eigenvalue weighted by Crippen LogP contribution is -2.86. The number of cyclic esters (lactones) is 2. The minimum atomic E-state index is -1.83. The number of esters is 5. The first-order chi connectivity index (χ1) is 19.3. The Hall–Kier alpha value is -3.21. The average molecular weight is 589 g/mol. The van der Waals surface area contributed by atoms with Crippen molar-refractivity contribution in [3.8, 4) is 0 Å². The van der Waals surface area contributed by atoms with Crippen molar-refractivity contribution in [2.45, 2.75) is 110 Å². The molecule has 0 aromatic heterocycles. The predicted octanol–water partition coefficient (Wildman–Crippen LogP) is 3.13. The van der Waals surface area contributed by atoms with Crippen LogP contribution in [0.2, 0.25) is 0 Å². The summed E-state index contributed by atoms with van der Waals surface area (Å²) in [4.78, 5) is 66.5. The van der Waals surface area contributed by atoms with Crippen molar-refractivity contribution >= 4 is 29.8 Å². The van der Waals surface area contributed by atoms with E-state index in [0.717, 1.165) is 0 Å². The topological polar surface area (TPSA) is 141 Å². The van der Waals surface area contributed by atoms with Crippen molar-refractivity contribution in [1.82, 2.24) is 0 Å². The van der Waals surface area contributed by atoms with Crippen LogP contribution in [-0.2, 0) is 52.4 Å². The second-order valence-corrected chi connectivity index (χ2v) is 13.1. The summed E-state index contributed by atoms with van der Waals surface area (Å²) in [6.45, 7) is 21.5. The number of ether oxygens (including phenoxy) is 6. The Morgan fingerprint density at radius 3 is 2.14 bits per heavy atom. The van der Waals surface area contributed by atoms with E-state index in [1.54, 1.807) is 34.6 Å². The van der Waals surface area contributed by atoms with E-state index in [1.165, 1.54) is 20.8 Å². The predicted molar refractivity (Wildman–Crippen MR) is 144 cm³/mol. The highest BCUT2D eigenvalue weighted by atomic mass is 16.6. The van der Waals surface area contributed by atoms with E-state index in [2.05, 4.69) is 13.2 Å². The van der Waals surface area contributed by atoms with Crippen molar-refractivity contribution in [2.75, 3.05) is 6.61 Å². The number of fused-ring (bicyclic) bond motifs is 2. The Bertz CT molecular complexity index is 1330. The summed E-state index contributed by atoms with van der Waals surface area (Å²) in [5.74, 6) is -4.40. The first-order valence-corrected chi connectivity index (χ1v) is 14.4. The van der Waals surface area contributed by atoms with Gasteiger partial charge in [0.2, 0.25) is 0 Å². The molecule has 9 atom stereocenters. The highest BCUT2D eigenvalue weighted by Crippen LogP contribution is 2.78. The second kappa shape index (κ2) is 8.90. The summed E-state index contributed by atoms with van der Waals surface area (Å²) in [6.07, 6.45) is -3.12. The SMILES string of the molecule is C=C1C2(OCC)[C@@H](OC(C)=O)[C@]3(C)OC(=O)C4[C@H](C)OC(=O)[C@]4(C3=C)[C@]2(C)[C@@H](OC(C)=O)C[C@]12CCC(=O)OC2(C)C. The summed E-state index contributed by atoms with van der Waals surface area (Å²) in [5.41, 5.74) is -8.83. The maximum atomic E-state index is 14.4. The Morgan fingerprint density at radius 1 is 0.976 bits per heavy atom. The van der Waals surface area contributed by atoms with Crippen LogP contribution >= 0.6 is 0 Å². The van der Waals surface area contributed by atoms with Gasteiger partial charge in [-0.2, -0.15) is 0 Å². The summed E-state index contributed by atoms with van der Waals surface area (Å²) in [6, 6.07) is 0. The molecule has 0 N–H and O–H groups in total. The first-order valence-electron chi connectivity index (χ1n) is 14.4. The quantitative estimate of drug-likeness (QED) is 0.272. The van der Waals surface area contributed by atoms with Gasteiger partial charge in [-0.3, -0.25) is 24.0 Å². The van der Waals surface area contributed by atoms with E-state index in [-0.39, 0.29) is 31.4 Å². The van der Waals surface area contributed by atoms with Gasteiger partial charge in [0.15, 0.2) is 11.7 Å². The fourth-order valence-corrected chi connectivity index (χ4v) is 9.36. The van der Waals surface area contributed by atoms with E-state index in [9.17, 15) is 24.0 Å². The normalized spacial score (nSPS) is 45.3. The number of carbonyl (C=O) groups is 5.